The van der Waals surface area contributed by atoms with Crippen LogP contribution in [-0.2, 0) is 0 Å². The first-order valence-corrected chi connectivity index (χ1v) is 9.70. The van der Waals surface area contributed by atoms with Crippen molar-refractivity contribution in [2.24, 2.45) is 0 Å². The number of nitrogens with one attached hydrogen (secondary N) is 2. The summed E-state index contributed by atoms with van der Waals surface area (Å²) in [6.07, 6.45) is 0. The van der Waals surface area contributed by atoms with Crippen LogP contribution in [-0.4, -0.2) is 15.9 Å². The number of aromatic nitrogens is 2. The highest BCUT2D eigenvalue weighted by molar-refractivity contribution is 6.04. The zero-order chi connectivity index (χ0) is 21.6. The largest absolute Gasteiger partial charge is 0.340 e. The monoisotopic (exact) mass is 405 g/mol. The Kier molecular flexibility index (Phi) is 5.68. The van der Waals surface area contributed by atoms with Gasteiger partial charge in [0.2, 0.25) is 0 Å². The van der Waals surface area contributed by atoms with E-state index in [1.807, 2.05) is 67.6 Å². The van der Waals surface area contributed by atoms with E-state index in [1.165, 1.54) is 0 Å². The van der Waals surface area contributed by atoms with Crippen LogP contribution in [0.2, 0.25) is 0 Å². The fourth-order valence-electron chi connectivity index (χ4n) is 3.14. The summed E-state index contributed by atoms with van der Waals surface area (Å²) in [5, 5.41) is 15.2. The number of carbonyl (C=O) groups excluding carboxylic acids is 1. The lowest BCUT2D eigenvalue weighted by atomic mass is 10.1. The minimum absolute atomic E-state index is 0.279. The van der Waals surface area contributed by atoms with Gasteiger partial charge in [0.05, 0.1) is 17.3 Å². The van der Waals surface area contributed by atoms with Gasteiger partial charge in [-0.3, -0.25) is 4.79 Å². The van der Waals surface area contributed by atoms with Crippen molar-refractivity contribution >= 4 is 23.1 Å². The van der Waals surface area contributed by atoms with E-state index in [0.717, 1.165) is 16.9 Å². The van der Waals surface area contributed by atoms with Crippen molar-refractivity contribution in [1.29, 1.82) is 5.26 Å². The van der Waals surface area contributed by atoms with Crippen molar-refractivity contribution in [3.63, 3.8) is 0 Å². The van der Waals surface area contributed by atoms with E-state index in [2.05, 4.69) is 20.6 Å². The molecule has 3 aromatic carbocycles. The Morgan fingerprint density at radius 3 is 2.45 bits per heavy atom. The molecule has 0 aliphatic heterocycles. The molecular weight excluding hydrogens is 386 g/mol. The zero-order valence-electron chi connectivity index (χ0n) is 16.8. The summed E-state index contributed by atoms with van der Waals surface area (Å²) in [4.78, 5) is 21.5. The maximum Gasteiger partial charge on any atom is 0.255 e. The Bertz CT molecular complexity index is 1280. The molecule has 0 unspecified atom stereocenters. The Hall–Kier alpha value is -4.50. The lowest BCUT2D eigenvalue weighted by Crippen LogP contribution is -2.12. The van der Waals surface area contributed by atoms with Crippen LogP contribution in [0.3, 0.4) is 0 Å². The Labute approximate surface area is 180 Å². The average Bonchev–Trinajstić information content (AvgIpc) is 2.79. The summed E-state index contributed by atoms with van der Waals surface area (Å²) in [7, 11) is 0. The Balaban J connectivity index is 1.53. The molecule has 1 amide bonds. The van der Waals surface area contributed by atoms with Gasteiger partial charge in [-0.1, -0.05) is 42.5 Å². The standard InChI is InChI=1S/C25H19N5O/c1-17-27-23(19-8-3-2-4-9-19)15-24(28-17)29-21-11-6-12-22(14-21)30-25(31)20-10-5-7-18(13-20)16-26/h2-15H,1H3,(H,30,31)(H,27,28,29). The molecular formula is C25H19N5O. The molecule has 1 heterocycles. The molecule has 6 heteroatoms. The number of carbonyl (C=O) groups is 1. The van der Waals surface area contributed by atoms with Crippen molar-refractivity contribution in [1.82, 2.24) is 9.97 Å². The van der Waals surface area contributed by atoms with Gasteiger partial charge in [0.25, 0.3) is 5.91 Å². The second-order valence-electron chi connectivity index (χ2n) is 6.90. The third kappa shape index (κ3) is 4.92. The number of nitrogens with zero attached hydrogens (tertiary/aromatic N) is 3. The highest BCUT2D eigenvalue weighted by Crippen LogP contribution is 2.23. The van der Waals surface area contributed by atoms with Crippen LogP contribution in [0.4, 0.5) is 17.2 Å². The minimum atomic E-state index is -0.279. The van der Waals surface area contributed by atoms with Crippen LogP contribution in [0.25, 0.3) is 11.3 Å². The van der Waals surface area contributed by atoms with E-state index in [9.17, 15) is 4.79 Å². The summed E-state index contributed by atoms with van der Waals surface area (Å²) in [5.41, 5.74) is 4.12. The number of rotatable bonds is 5. The highest BCUT2D eigenvalue weighted by atomic mass is 16.1. The van der Waals surface area contributed by atoms with Gasteiger partial charge in [0.15, 0.2) is 0 Å². The van der Waals surface area contributed by atoms with Crippen LogP contribution in [0.1, 0.15) is 21.7 Å². The lowest BCUT2D eigenvalue weighted by molar-refractivity contribution is 0.102. The molecule has 0 fully saturated rings. The molecule has 0 bridgehead atoms. The third-order valence-corrected chi connectivity index (χ3v) is 4.55. The summed E-state index contributed by atoms with van der Waals surface area (Å²) in [5.74, 6) is 1.04. The van der Waals surface area contributed by atoms with Crippen molar-refractivity contribution in [2.75, 3.05) is 10.6 Å². The van der Waals surface area contributed by atoms with E-state index in [0.29, 0.717) is 28.5 Å². The van der Waals surface area contributed by atoms with Crippen LogP contribution < -0.4 is 10.6 Å². The second-order valence-corrected chi connectivity index (χ2v) is 6.90. The summed E-state index contributed by atoms with van der Waals surface area (Å²) in [6.45, 7) is 1.85. The van der Waals surface area contributed by atoms with Gasteiger partial charge >= 0.3 is 0 Å². The molecule has 0 atom stereocenters. The van der Waals surface area contributed by atoms with E-state index >= 15 is 0 Å². The molecule has 0 aliphatic carbocycles. The molecule has 0 saturated heterocycles. The number of hydrogen-bond donors (Lipinski definition) is 2. The first-order valence-electron chi connectivity index (χ1n) is 9.70. The van der Waals surface area contributed by atoms with Gasteiger partial charge < -0.3 is 10.6 Å². The molecule has 0 radical (unpaired) electrons. The van der Waals surface area contributed by atoms with E-state index in [-0.39, 0.29) is 5.91 Å². The summed E-state index contributed by atoms with van der Waals surface area (Å²) < 4.78 is 0. The van der Waals surface area contributed by atoms with Gasteiger partial charge in [0.1, 0.15) is 11.6 Å². The highest BCUT2D eigenvalue weighted by Gasteiger charge is 2.09. The molecule has 31 heavy (non-hydrogen) atoms. The summed E-state index contributed by atoms with van der Waals surface area (Å²) >= 11 is 0. The van der Waals surface area contributed by atoms with Gasteiger partial charge in [-0.15, -0.1) is 0 Å². The molecule has 6 nitrogen and oxygen atoms in total. The minimum Gasteiger partial charge on any atom is -0.340 e. The van der Waals surface area contributed by atoms with Crippen molar-refractivity contribution in [3.8, 4) is 17.3 Å². The van der Waals surface area contributed by atoms with Crippen LogP contribution in [0.5, 0.6) is 0 Å². The van der Waals surface area contributed by atoms with Crippen molar-refractivity contribution in [3.05, 3.63) is 102 Å². The van der Waals surface area contributed by atoms with Crippen molar-refractivity contribution < 1.29 is 4.79 Å². The third-order valence-electron chi connectivity index (χ3n) is 4.55. The predicted octanol–water partition coefficient (Wildman–Crippen LogP) is 5.32. The van der Waals surface area contributed by atoms with E-state index < -0.39 is 0 Å². The van der Waals surface area contributed by atoms with Crippen molar-refractivity contribution in [2.45, 2.75) is 6.92 Å². The number of amides is 1. The average molecular weight is 405 g/mol. The van der Waals surface area contributed by atoms with Gasteiger partial charge in [-0.05, 0) is 43.3 Å². The Morgan fingerprint density at radius 2 is 1.65 bits per heavy atom. The first-order chi connectivity index (χ1) is 15.1. The topological polar surface area (TPSA) is 90.7 Å². The quantitative estimate of drug-likeness (QED) is 0.469. The zero-order valence-corrected chi connectivity index (χ0v) is 16.8. The molecule has 2 N–H and O–H groups in total. The first kappa shape index (κ1) is 19.8. The molecule has 0 saturated carbocycles. The number of aryl methyl sites for hydroxylation is 1. The molecule has 150 valence electrons. The lowest BCUT2D eigenvalue weighted by Gasteiger charge is -2.11. The summed E-state index contributed by atoms with van der Waals surface area (Å²) in [6, 6.07) is 27.8. The number of hydrogen-bond acceptors (Lipinski definition) is 5. The Morgan fingerprint density at radius 1 is 0.871 bits per heavy atom. The fraction of sp³-hybridized carbons (Fsp3) is 0.0400. The van der Waals surface area contributed by atoms with Crippen LogP contribution in [0.15, 0.2) is 84.9 Å². The molecule has 0 aliphatic rings. The molecule has 1 aromatic heterocycles. The van der Waals surface area contributed by atoms with E-state index in [4.69, 9.17) is 5.26 Å². The number of anilines is 3. The van der Waals surface area contributed by atoms with Gasteiger partial charge in [0, 0.05) is 28.6 Å². The maximum atomic E-state index is 12.5. The number of benzene rings is 3. The second kappa shape index (κ2) is 8.89. The maximum absolute atomic E-state index is 12.5. The molecule has 4 aromatic rings. The van der Waals surface area contributed by atoms with E-state index in [1.54, 1.807) is 30.3 Å². The molecule has 0 spiro atoms. The smallest absolute Gasteiger partial charge is 0.255 e. The normalized spacial score (nSPS) is 10.2. The number of nitriles is 1. The predicted molar refractivity (Wildman–Crippen MR) is 121 cm³/mol. The van der Waals surface area contributed by atoms with Crippen LogP contribution in [0, 0.1) is 18.3 Å². The molecule has 4 rings (SSSR count). The fourth-order valence-corrected chi connectivity index (χ4v) is 3.14. The SMILES string of the molecule is Cc1nc(Nc2cccc(NC(=O)c3cccc(C#N)c3)c2)cc(-c2ccccc2)n1. The van der Waals surface area contributed by atoms with Crippen LogP contribution >= 0.6 is 0 Å². The van der Waals surface area contributed by atoms with Gasteiger partial charge in [-0.2, -0.15) is 5.26 Å². The van der Waals surface area contributed by atoms with Gasteiger partial charge in [-0.25, -0.2) is 9.97 Å².